The van der Waals surface area contributed by atoms with Gasteiger partial charge in [0.15, 0.2) is 0 Å². The van der Waals surface area contributed by atoms with E-state index in [1.54, 1.807) is 70.2 Å². The SMILES string of the molecule is C[C@H](NC(=O)OC(C)(C)C)C(NC(=O)C[C@H](c1ccccc1)C1(C(F)(F)F)CC1)c1ccc(C(N)=O)cc1. The fourth-order valence-corrected chi connectivity index (χ4v) is 4.63. The van der Waals surface area contributed by atoms with Gasteiger partial charge in [-0.25, -0.2) is 4.79 Å². The Labute approximate surface area is 220 Å². The number of hydrogen-bond donors (Lipinski definition) is 3. The van der Waals surface area contributed by atoms with Crippen LogP contribution in [-0.4, -0.2) is 35.7 Å². The smallest absolute Gasteiger partial charge is 0.407 e. The van der Waals surface area contributed by atoms with Crippen molar-refractivity contribution >= 4 is 17.9 Å². The Morgan fingerprint density at radius 2 is 1.53 bits per heavy atom. The third-order valence-electron chi connectivity index (χ3n) is 6.73. The van der Waals surface area contributed by atoms with Gasteiger partial charge in [0, 0.05) is 17.9 Å². The molecule has 1 fully saturated rings. The van der Waals surface area contributed by atoms with Crippen LogP contribution in [0, 0.1) is 5.41 Å². The molecular weight excluding hydrogens is 499 g/mol. The minimum atomic E-state index is -4.46. The Morgan fingerprint density at radius 1 is 0.947 bits per heavy atom. The van der Waals surface area contributed by atoms with Gasteiger partial charge in [0.05, 0.1) is 17.5 Å². The zero-order valence-corrected chi connectivity index (χ0v) is 21.9. The summed E-state index contributed by atoms with van der Waals surface area (Å²) in [5.41, 5.74) is 3.83. The molecule has 1 aliphatic rings. The van der Waals surface area contributed by atoms with Crippen molar-refractivity contribution < 1.29 is 32.3 Å². The number of ether oxygens (including phenoxy) is 1. The Bertz CT molecular complexity index is 1140. The van der Waals surface area contributed by atoms with Crippen molar-refractivity contribution in [3.63, 3.8) is 0 Å². The summed E-state index contributed by atoms with van der Waals surface area (Å²) in [7, 11) is 0. The molecule has 2 aromatic carbocycles. The number of rotatable bonds is 9. The van der Waals surface area contributed by atoms with E-state index in [0.29, 0.717) is 11.1 Å². The summed E-state index contributed by atoms with van der Waals surface area (Å²) < 4.78 is 47.6. The Kier molecular flexibility index (Phi) is 8.43. The monoisotopic (exact) mass is 533 g/mol. The fourth-order valence-electron chi connectivity index (χ4n) is 4.63. The lowest BCUT2D eigenvalue weighted by atomic mass is 9.80. The first kappa shape index (κ1) is 29.0. The van der Waals surface area contributed by atoms with Crippen LogP contribution in [0.5, 0.6) is 0 Å². The highest BCUT2D eigenvalue weighted by molar-refractivity contribution is 5.92. The second-order valence-electron chi connectivity index (χ2n) is 10.8. The summed E-state index contributed by atoms with van der Waals surface area (Å²) >= 11 is 0. The van der Waals surface area contributed by atoms with Gasteiger partial charge in [-0.2, -0.15) is 13.2 Å². The summed E-state index contributed by atoms with van der Waals surface area (Å²) in [5.74, 6) is -2.29. The number of halogens is 3. The first-order valence-electron chi connectivity index (χ1n) is 12.4. The lowest BCUT2D eigenvalue weighted by Crippen LogP contribution is -2.46. The van der Waals surface area contributed by atoms with E-state index in [1.807, 2.05) is 0 Å². The Morgan fingerprint density at radius 3 is 2.00 bits per heavy atom. The number of primary amides is 1. The van der Waals surface area contributed by atoms with Crippen LogP contribution >= 0.6 is 0 Å². The highest BCUT2D eigenvalue weighted by Gasteiger charge is 2.67. The lowest BCUT2D eigenvalue weighted by molar-refractivity contribution is -0.194. The third kappa shape index (κ3) is 7.05. The second-order valence-corrected chi connectivity index (χ2v) is 10.8. The van der Waals surface area contributed by atoms with E-state index in [-0.39, 0.29) is 18.4 Å². The minimum Gasteiger partial charge on any atom is -0.444 e. The molecule has 7 nitrogen and oxygen atoms in total. The molecule has 0 saturated heterocycles. The van der Waals surface area contributed by atoms with Gasteiger partial charge in [0.25, 0.3) is 0 Å². The van der Waals surface area contributed by atoms with Crippen molar-refractivity contribution in [2.45, 2.75) is 76.7 Å². The molecule has 0 spiro atoms. The van der Waals surface area contributed by atoms with E-state index < -0.39 is 59.5 Å². The number of hydrogen-bond acceptors (Lipinski definition) is 4. The molecule has 4 N–H and O–H groups in total. The van der Waals surface area contributed by atoms with Crippen LogP contribution in [0.2, 0.25) is 0 Å². The van der Waals surface area contributed by atoms with Gasteiger partial charge in [0.2, 0.25) is 11.8 Å². The Balaban J connectivity index is 1.87. The van der Waals surface area contributed by atoms with E-state index in [2.05, 4.69) is 10.6 Å². The fraction of sp³-hybridized carbons (Fsp3) is 0.464. The number of alkyl halides is 3. The normalized spacial score (nSPS) is 17.0. The zero-order chi connectivity index (χ0) is 28.3. The largest absolute Gasteiger partial charge is 0.444 e. The van der Waals surface area contributed by atoms with Gasteiger partial charge in [0.1, 0.15) is 5.60 Å². The van der Waals surface area contributed by atoms with Crippen molar-refractivity contribution in [1.29, 1.82) is 0 Å². The number of nitrogens with two attached hydrogens (primary N) is 1. The summed E-state index contributed by atoms with van der Waals surface area (Å²) in [4.78, 5) is 37.2. The van der Waals surface area contributed by atoms with Gasteiger partial charge >= 0.3 is 12.3 Å². The number of nitrogens with one attached hydrogen (secondary N) is 2. The molecule has 206 valence electrons. The molecule has 3 amide bonds. The Hall–Kier alpha value is -3.56. The zero-order valence-electron chi connectivity index (χ0n) is 21.9. The van der Waals surface area contributed by atoms with E-state index in [0.717, 1.165) is 0 Å². The summed E-state index contributed by atoms with van der Waals surface area (Å²) in [6.07, 6.45) is -5.65. The van der Waals surface area contributed by atoms with E-state index in [1.165, 1.54) is 12.1 Å². The average Bonchev–Trinajstić information content (AvgIpc) is 3.62. The maximum absolute atomic E-state index is 14.1. The standard InChI is InChI=1S/C28H34F3N3O4/c1-17(33-25(37)38-26(2,3)4)23(19-10-12-20(13-11-19)24(32)36)34-22(35)16-21(18-8-6-5-7-9-18)27(14-15-27)28(29,30)31/h5-13,17,21,23H,14-16H2,1-4H3,(H2,32,36)(H,33,37)(H,34,35)/t17-,21+,23?/m0/s1. The minimum absolute atomic E-state index is 0.0437. The molecule has 10 heteroatoms. The molecule has 0 aliphatic heterocycles. The van der Waals surface area contributed by atoms with Crippen LogP contribution < -0.4 is 16.4 Å². The van der Waals surface area contributed by atoms with Crippen molar-refractivity contribution in [1.82, 2.24) is 10.6 Å². The van der Waals surface area contributed by atoms with E-state index in [4.69, 9.17) is 10.5 Å². The molecule has 0 bridgehead atoms. The molecule has 38 heavy (non-hydrogen) atoms. The van der Waals surface area contributed by atoms with Gasteiger partial charge in [-0.3, -0.25) is 9.59 Å². The molecule has 3 atom stereocenters. The number of alkyl carbamates (subject to hydrolysis) is 1. The van der Waals surface area contributed by atoms with Crippen LogP contribution in [0.3, 0.4) is 0 Å². The molecule has 0 heterocycles. The summed E-state index contributed by atoms with van der Waals surface area (Å²) in [6.45, 7) is 6.76. The molecule has 3 rings (SSSR count). The lowest BCUT2D eigenvalue weighted by Gasteiger charge is -2.31. The van der Waals surface area contributed by atoms with Crippen molar-refractivity contribution in [3.05, 3.63) is 71.3 Å². The van der Waals surface area contributed by atoms with Crippen molar-refractivity contribution in [2.75, 3.05) is 0 Å². The van der Waals surface area contributed by atoms with Crippen molar-refractivity contribution in [3.8, 4) is 0 Å². The van der Waals surface area contributed by atoms with Crippen LogP contribution in [0.4, 0.5) is 18.0 Å². The highest BCUT2D eigenvalue weighted by atomic mass is 19.4. The van der Waals surface area contributed by atoms with Crippen LogP contribution in [0.25, 0.3) is 0 Å². The molecule has 0 aromatic heterocycles. The van der Waals surface area contributed by atoms with Gasteiger partial charge < -0.3 is 21.1 Å². The maximum atomic E-state index is 14.1. The van der Waals surface area contributed by atoms with Crippen LogP contribution in [0.15, 0.2) is 54.6 Å². The predicted molar refractivity (Wildman–Crippen MR) is 136 cm³/mol. The van der Waals surface area contributed by atoms with Gasteiger partial charge in [-0.15, -0.1) is 0 Å². The third-order valence-corrected chi connectivity index (χ3v) is 6.73. The first-order chi connectivity index (χ1) is 17.6. The topological polar surface area (TPSA) is 111 Å². The van der Waals surface area contributed by atoms with Crippen molar-refractivity contribution in [2.24, 2.45) is 11.1 Å². The first-order valence-corrected chi connectivity index (χ1v) is 12.4. The average molecular weight is 534 g/mol. The number of carbonyl (C=O) groups is 3. The quantitative estimate of drug-likeness (QED) is 0.402. The molecule has 1 unspecified atom stereocenters. The van der Waals surface area contributed by atoms with E-state index in [9.17, 15) is 27.6 Å². The molecule has 1 aliphatic carbocycles. The predicted octanol–water partition coefficient (Wildman–Crippen LogP) is 5.37. The number of benzene rings is 2. The molecule has 2 aromatic rings. The molecular formula is C28H34F3N3O4. The van der Waals surface area contributed by atoms with Crippen LogP contribution in [0.1, 0.15) is 80.4 Å². The molecule has 0 radical (unpaired) electrons. The maximum Gasteiger partial charge on any atom is 0.407 e. The molecule has 1 saturated carbocycles. The summed E-state index contributed by atoms with van der Waals surface area (Å²) in [6, 6.07) is 12.8. The van der Waals surface area contributed by atoms with Crippen LogP contribution in [-0.2, 0) is 9.53 Å². The highest BCUT2D eigenvalue weighted by Crippen LogP contribution is 2.66. The number of carbonyl (C=O) groups excluding carboxylic acids is 3. The number of amides is 3. The summed E-state index contributed by atoms with van der Waals surface area (Å²) in [5, 5.41) is 5.49. The second kappa shape index (κ2) is 11.0. The van der Waals surface area contributed by atoms with E-state index >= 15 is 0 Å². The van der Waals surface area contributed by atoms with Gasteiger partial charge in [-0.05, 0) is 63.8 Å². The van der Waals surface area contributed by atoms with Gasteiger partial charge in [-0.1, -0.05) is 42.5 Å².